The van der Waals surface area contributed by atoms with E-state index in [1.807, 2.05) is 0 Å². The largest absolute Gasteiger partial charge is 0.375 e. The second-order valence-corrected chi connectivity index (χ2v) is 6.15. The maximum absolute atomic E-state index is 5.77. The molecule has 102 valence electrons. The SMILES string of the molecule is CCOC(C)(C)CN1CCC(CNC(C)C)C1. The highest BCUT2D eigenvalue weighted by Gasteiger charge is 2.28. The first-order chi connectivity index (χ1) is 7.93. The number of nitrogens with one attached hydrogen (secondary N) is 1. The van der Waals surface area contributed by atoms with Gasteiger partial charge in [0.2, 0.25) is 0 Å². The molecule has 1 saturated heterocycles. The summed E-state index contributed by atoms with van der Waals surface area (Å²) in [5.74, 6) is 0.815. The van der Waals surface area contributed by atoms with Crippen molar-refractivity contribution >= 4 is 0 Å². The zero-order valence-corrected chi connectivity index (χ0v) is 12.3. The molecule has 1 rings (SSSR count). The fourth-order valence-corrected chi connectivity index (χ4v) is 2.60. The van der Waals surface area contributed by atoms with Crippen LogP contribution in [0.1, 0.15) is 41.0 Å². The zero-order valence-electron chi connectivity index (χ0n) is 12.3. The lowest BCUT2D eigenvalue weighted by Crippen LogP contribution is -2.40. The molecule has 0 bridgehead atoms. The molecule has 1 heterocycles. The third kappa shape index (κ3) is 5.84. The minimum Gasteiger partial charge on any atom is -0.375 e. The molecule has 1 atom stereocenters. The lowest BCUT2D eigenvalue weighted by atomic mass is 10.1. The first kappa shape index (κ1) is 14.9. The molecule has 0 radical (unpaired) electrons. The molecule has 3 nitrogen and oxygen atoms in total. The number of nitrogens with zero attached hydrogens (tertiary/aromatic N) is 1. The number of hydrogen-bond acceptors (Lipinski definition) is 3. The molecule has 1 N–H and O–H groups in total. The lowest BCUT2D eigenvalue weighted by Gasteiger charge is -2.30. The number of rotatable bonds is 7. The van der Waals surface area contributed by atoms with Gasteiger partial charge in [0.05, 0.1) is 5.60 Å². The van der Waals surface area contributed by atoms with Crippen LogP contribution in [0.3, 0.4) is 0 Å². The Morgan fingerprint density at radius 1 is 1.41 bits per heavy atom. The summed E-state index contributed by atoms with van der Waals surface area (Å²) in [7, 11) is 0. The number of hydrogen-bond donors (Lipinski definition) is 1. The van der Waals surface area contributed by atoms with E-state index in [9.17, 15) is 0 Å². The van der Waals surface area contributed by atoms with Crippen LogP contribution in [0.25, 0.3) is 0 Å². The van der Waals surface area contributed by atoms with Gasteiger partial charge in [-0.25, -0.2) is 0 Å². The van der Waals surface area contributed by atoms with Crippen LogP contribution in [-0.4, -0.2) is 49.3 Å². The van der Waals surface area contributed by atoms with Gasteiger partial charge in [0.1, 0.15) is 0 Å². The minimum atomic E-state index is -0.00484. The quantitative estimate of drug-likeness (QED) is 0.740. The molecular weight excluding hydrogens is 212 g/mol. The van der Waals surface area contributed by atoms with Crippen molar-refractivity contribution in [2.75, 3.05) is 32.8 Å². The third-order valence-corrected chi connectivity index (χ3v) is 3.32. The molecule has 0 aromatic carbocycles. The smallest absolute Gasteiger partial charge is 0.0752 e. The maximum Gasteiger partial charge on any atom is 0.0752 e. The molecule has 3 heteroatoms. The first-order valence-electron chi connectivity index (χ1n) is 7.02. The Morgan fingerprint density at radius 3 is 2.71 bits per heavy atom. The van der Waals surface area contributed by atoms with Crippen LogP contribution < -0.4 is 5.32 Å². The van der Waals surface area contributed by atoms with Gasteiger partial charge in [0.15, 0.2) is 0 Å². The summed E-state index contributed by atoms with van der Waals surface area (Å²) in [5.41, 5.74) is -0.00484. The summed E-state index contributed by atoms with van der Waals surface area (Å²) in [5, 5.41) is 3.54. The van der Waals surface area contributed by atoms with Crippen LogP contribution in [0.2, 0.25) is 0 Å². The van der Waals surface area contributed by atoms with E-state index in [1.54, 1.807) is 0 Å². The van der Waals surface area contributed by atoms with Crippen molar-refractivity contribution in [2.45, 2.75) is 52.7 Å². The van der Waals surface area contributed by atoms with E-state index in [4.69, 9.17) is 4.74 Å². The van der Waals surface area contributed by atoms with Gasteiger partial charge in [-0.3, -0.25) is 0 Å². The predicted octanol–water partition coefficient (Wildman–Crippen LogP) is 2.12. The van der Waals surface area contributed by atoms with E-state index < -0.39 is 0 Å². The standard InChI is InChI=1S/C14H30N2O/c1-6-17-14(4,5)11-16-8-7-13(10-16)9-15-12(2)3/h12-13,15H,6-11H2,1-5H3. The van der Waals surface area contributed by atoms with Gasteiger partial charge in [-0.2, -0.15) is 0 Å². The Kier molecular flexibility index (Phi) is 5.90. The summed E-state index contributed by atoms with van der Waals surface area (Å²) in [6.45, 7) is 16.3. The normalized spacial score (nSPS) is 22.6. The van der Waals surface area contributed by atoms with Gasteiger partial charge in [0, 0.05) is 25.7 Å². The number of likely N-dealkylation sites (tertiary alicyclic amines) is 1. The molecule has 1 aliphatic heterocycles. The van der Waals surface area contributed by atoms with Gasteiger partial charge < -0.3 is 15.0 Å². The van der Waals surface area contributed by atoms with Crippen LogP contribution in [0.15, 0.2) is 0 Å². The highest BCUT2D eigenvalue weighted by atomic mass is 16.5. The van der Waals surface area contributed by atoms with Crippen LogP contribution >= 0.6 is 0 Å². The second kappa shape index (κ2) is 6.72. The predicted molar refractivity (Wildman–Crippen MR) is 73.4 cm³/mol. The third-order valence-electron chi connectivity index (χ3n) is 3.32. The summed E-state index contributed by atoms with van der Waals surface area (Å²) < 4.78 is 5.77. The lowest BCUT2D eigenvalue weighted by molar-refractivity contribution is -0.0307. The molecule has 1 unspecified atom stereocenters. The molecule has 0 aromatic rings. The monoisotopic (exact) mass is 242 g/mol. The molecule has 0 spiro atoms. The van der Waals surface area contributed by atoms with Gasteiger partial charge in [-0.15, -0.1) is 0 Å². The van der Waals surface area contributed by atoms with Crippen molar-refractivity contribution in [3.8, 4) is 0 Å². The highest BCUT2D eigenvalue weighted by Crippen LogP contribution is 2.20. The summed E-state index contributed by atoms with van der Waals surface area (Å²) in [6.07, 6.45) is 1.32. The van der Waals surface area contributed by atoms with Crippen LogP contribution in [0.4, 0.5) is 0 Å². The van der Waals surface area contributed by atoms with Crippen LogP contribution in [-0.2, 0) is 4.74 Å². The van der Waals surface area contributed by atoms with Gasteiger partial charge in [-0.1, -0.05) is 13.8 Å². The average Bonchev–Trinajstić information content (AvgIpc) is 2.61. The molecule has 0 saturated carbocycles. The van der Waals surface area contributed by atoms with Crippen molar-refractivity contribution in [1.82, 2.24) is 10.2 Å². The summed E-state index contributed by atoms with van der Waals surface area (Å²) in [4.78, 5) is 2.54. The van der Waals surface area contributed by atoms with Gasteiger partial charge in [0.25, 0.3) is 0 Å². The van der Waals surface area contributed by atoms with Gasteiger partial charge >= 0.3 is 0 Å². The van der Waals surface area contributed by atoms with Crippen LogP contribution in [0.5, 0.6) is 0 Å². The zero-order chi connectivity index (χ0) is 12.9. The van der Waals surface area contributed by atoms with Crippen molar-refractivity contribution in [3.63, 3.8) is 0 Å². The van der Waals surface area contributed by atoms with Crippen molar-refractivity contribution in [2.24, 2.45) is 5.92 Å². The Morgan fingerprint density at radius 2 is 2.12 bits per heavy atom. The fourth-order valence-electron chi connectivity index (χ4n) is 2.60. The van der Waals surface area contributed by atoms with E-state index >= 15 is 0 Å². The van der Waals surface area contributed by atoms with E-state index in [0.717, 1.165) is 25.6 Å². The van der Waals surface area contributed by atoms with Crippen molar-refractivity contribution in [3.05, 3.63) is 0 Å². The summed E-state index contributed by atoms with van der Waals surface area (Å²) in [6, 6.07) is 0.601. The molecule has 0 aliphatic carbocycles. The summed E-state index contributed by atoms with van der Waals surface area (Å²) >= 11 is 0. The van der Waals surface area contributed by atoms with E-state index in [-0.39, 0.29) is 5.60 Å². The molecular formula is C14H30N2O. The average molecular weight is 242 g/mol. The van der Waals surface area contributed by atoms with E-state index in [0.29, 0.717) is 6.04 Å². The Bertz CT molecular complexity index is 216. The molecule has 1 fully saturated rings. The Hall–Kier alpha value is -0.120. The van der Waals surface area contributed by atoms with Crippen molar-refractivity contribution < 1.29 is 4.74 Å². The topological polar surface area (TPSA) is 24.5 Å². The minimum absolute atomic E-state index is 0.00484. The van der Waals surface area contributed by atoms with E-state index in [1.165, 1.54) is 19.5 Å². The maximum atomic E-state index is 5.77. The first-order valence-corrected chi connectivity index (χ1v) is 7.02. The highest BCUT2D eigenvalue weighted by molar-refractivity contribution is 4.82. The van der Waals surface area contributed by atoms with Crippen molar-refractivity contribution in [1.29, 1.82) is 0 Å². The Labute approximate surface area is 107 Å². The number of ether oxygens (including phenoxy) is 1. The molecule has 1 aliphatic rings. The Balaban J connectivity index is 2.25. The van der Waals surface area contributed by atoms with Gasteiger partial charge in [-0.05, 0) is 46.2 Å². The molecule has 0 aromatic heterocycles. The molecule has 0 amide bonds. The van der Waals surface area contributed by atoms with E-state index in [2.05, 4.69) is 44.8 Å². The second-order valence-electron chi connectivity index (χ2n) is 6.15. The van der Waals surface area contributed by atoms with Crippen LogP contribution in [0, 0.1) is 5.92 Å². The molecule has 17 heavy (non-hydrogen) atoms. The fraction of sp³-hybridized carbons (Fsp3) is 1.00.